The molecule has 2 unspecified atom stereocenters. The van der Waals surface area contributed by atoms with E-state index in [1.807, 2.05) is 18.2 Å². The van der Waals surface area contributed by atoms with Crippen LogP contribution in [-0.4, -0.2) is 46.0 Å². The SMILES string of the molecule is CNC1CCC2(CC1)CC(CNc1cccc3c1n(C)c(=O)n3C1CCC(O)NC1=O)C2. The lowest BCUT2D eigenvalue weighted by Gasteiger charge is -2.52. The first kappa shape index (κ1) is 21.5. The Kier molecular flexibility index (Phi) is 5.53. The number of aryl methyl sites for hydroxylation is 1. The number of hydrogen-bond donors (Lipinski definition) is 4. The van der Waals surface area contributed by atoms with Crippen LogP contribution in [0, 0.1) is 11.3 Å². The minimum absolute atomic E-state index is 0.199. The Morgan fingerprint density at radius 2 is 1.91 bits per heavy atom. The zero-order valence-electron chi connectivity index (χ0n) is 19.1. The van der Waals surface area contributed by atoms with Crippen molar-refractivity contribution in [3.63, 3.8) is 0 Å². The molecule has 2 aliphatic carbocycles. The van der Waals surface area contributed by atoms with Crippen LogP contribution in [0.3, 0.4) is 0 Å². The van der Waals surface area contributed by atoms with Crippen LogP contribution in [0.25, 0.3) is 11.0 Å². The minimum atomic E-state index is -0.833. The number of aliphatic hydroxyl groups is 1. The molecular formula is C24H35N5O3. The van der Waals surface area contributed by atoms with Crippen LogP contribution >= 0.6 is 0 Å². The summed E-state index contributed by atoms with van der Waals surface area (Å²) in [7, 11) is 3.84. The van der Waals surface area contributed by atoms with Gasteiger partial charge >= 0.3 is 5.69 Å². The molecule has 3 aliphatic rings. The Morgan fingerprint density at radius 3 is 2.59 bits per heavy atom. The fraction of sp³-hybridized carbons (Fsp3) is 0.667. The molecule has 1 saturated heterocycles. The molecule has 0 radical (unpaired) electrons. The Bertz CT molecular complexity index is 1060. The summed E-state index contributed by atoms with van der Waals surface area (Å²) in [4.78, 5) is 25.6. The number of carbonyl (C=O) groups excluding carboxylic acids is 1. The van der Waals surface area contributed by atoms with Gasteiger partial charge in [-0.3, -0.25) is 13.9 Å². The molecule has 32 heavy (non-hydrogen) atoms. The number of imidazole rings is 1. The maximum absolute atomic E-state index is 13.1. The van der Waals surface area contributed by atoms with E-state index in [2.05, 4.69) is 23.0 Å². The fourth-order valence-corrected chi connectivity index (χ4v) is 6.40. The van der Waals surface area contributed by atoms with Crippen LogP contribution in [0.4, 0.5) is 5.69 Å². The van der Waals surface area contributed by atoms with Crippen LogP contribution in [0.1, 0.15) is 57.4 Å². The Morgan fingerprint density at radius 1 is 1.16 bits per heavy atom. The number of aliphatic hydroxyl groups excluding tert-OH is 1. The standard InChI is InChI=1S/C24H35N5O3/c1-25-16-8-10-24(11-9-16)12-15(13-24)14-26-17-4-3-5-18-21(17)28(2)23(32)29(18)19-6-7-20(30)27-22(19)31/h3-5,15-16,19-20,25-26,30H,6-14H2,1-2H3,(H,27,31). The molecule has 2 saturated carbocycles. The number of benzene rings is 1. The molecular weight excluding hydrogens is 406 g/mol. The predicted octanol–water partition coefficient (Wildman–Crippen LogP) is 2.08. The molecule has 8 nitrogen and oxygen atoms in total. The number of piperidine rings is 1. The van der Waals surface area contributed by atoms with E-state index in [0.29, 0.717) is 30.2 Å². The van der Waals surface area contributed by atoms with Crippen LogP contribution < -0.4 is 21.6 Å². The fourth-order valence-electron chi connectivity index (χ4n) is 6.40. The lowest BCUT2D eigenvalue weighted by molar-refractivity contribution is -0.130. The van der Waals surface area contributed by atoms with Crippen molar-refractivity contribution in [1.82, 2.24) is 19.8 Å². The second-order valence-corrected chi connectivity index (χ2v) is 10.2. The number of hydrogen-bond acceptors (Lipinski definition) is 5. The molecule has 174 valence electrons. The molecule has 3 fully saturated rings. The van der Waals surface area contributed by atoms with Gasteiger partial charge in [-0.1, -0.05) is 6.07 Å². The lowest BCUT2D eigenvalue weighted by Crippen LogP contribution is -2.46. The summed E-state index contributed by atoms with van der Waals surface area (Å²) in [6.07, 6.45) is 7.88. The molecule has 1 aromatic carbocycles. The average molecular weight is 442 g/mol. The zero-order valence-corrected chi connectivity index (χ0v) is 19.1. The number of nitrogens with one attached hydrogen (secondary N) is 3. The van der Waals surface area contributed by atoms with Gasteiger partial charge in [0.05, 0.1) is 16.7 Å². The highest BCUT2D eigenvalue weighted by Crippen LogP contribution is 2.54. The maximum atomic E-state index is 13.1. The van der Waals surface area contributed by atoms with Gasteiger partial charge in [0.1, 0.15) is 12.3 Å². The molecule has 2 aromatic rings. The summed E-state index contributed by atoms with van der Waals surface area (Å²) in [5, 5.41) is 19.3. The minimum Gasteiger partial charge on any atom is -0.383 e. The van der Waals surface area contributed by atoms with Gasteiger partial charge in [0, 0.05) is 19.6 Å². The Labute approximate surface area is 188 Å². The third-order valence-electron chi connectivity index (χ3n) is 8.22. The van der Waals surface area contributed by atoms with Crippen molar-refractivity contribution in [1.29, 1.82) is 0 Å². The predicted molar refractivity (Wildman–Crippen MR) is 125 cm³/mol. The van der Waals surface area contributed by atoms with Crippen molar-refractivity contribution in [3.05, 3.63) is 28.7 Å². The van der Waals surface area contributed by atoms with Crippen molar-refractivity contribution in [2.45, 2.75) is 69.7 Å². The van der Waals surface area contributed by atoms with Gasteiger partial charge in [-0.05, 0) is 81.9 Å². The van der Waals surface area contributed by atoms with Gasteiger partial charge in [-0.25, -0.2) is 4.79 Å². The highest BCUT2D eigenvalue weighted by atomic mass is 16.3. The summed E-state index contributed by atoms with van der Waals surface area (Å²) < 4.78 is 3.22. The quantitative estimate of drug-likeness (QED) is 0.569. The van der Waals surface area contributed by atoms with Crippen molar-refractivity contribution in [2.75, 3.05) is 18.9 Å². The molecule has 2 atom stereocenters. The summed E-state index contributed by atoms with van der Waals surface area (Å²) in [6.45, 7) is 0.909. The second kappa shape index (κ2) is 8.23. The summed E-state index contributed by atoms with van der Waals surface area (Å²) in [5.74, 6) is 0.366. The molecule has 1 spiro atoms. The summed E-state index contributed by atoms with van der Waals surface area (Å²) in [6, 6.07) is 5.96. The van der Waals surface area contributed by atoms with Crippen LogP contribution in [0.2, 0.25) is 0 Å². The van der Waals surface area contributed by atoms with Gasteiger partial charge in [-0.15, -0.1) is 0 Å². The normalized spacial score (nSPS) is 32.7. The number of anilines is 1. The number of rotatable bonds is 5. The molecule has 1 aromatic heterocycles. The molecule has 2 heterocycles. The third-order valence-corrected chi connectivity index (χ3v) is 8.22. The van der Waals surface area contributed by atoms with Crippen LogP contribution in [-0.2, 0) is 11.8 Å². The highest BCUT2D eigenvalue weighted by molar-refractivity contribution is 5.91. The van der Waals surface area contributed by atoms with E-state index >= 15 is 0 Å². The van der Waals surface area contributed by atoms with E-state index in [0.717, 1.165) is 23.3 Å². The zero-order chi connectivity index (χ0) is 22.5. The van der Waals surface area contributed by atoms with E-state index in [-0.39, 0.29) is 11.6 Å². The number of para-hydroxylation sites is 1. The van der Waals surface area contributed by atoms with Gasteiger partial charge < -0.3 is 21.1 Å². The first-order valence-corrected chi connectivity index (χ1v) is 12.0. The van der Waals surface area contributed by atoms with E-state index in [4.69, 9.17) is 0 Å². The second-order valence-electron chi connectivity index (χ2n) is 10.2. The summed E-state index contributed by atoms with van der Waals surface area (Å²) >= 11 is 0. The van der Waals surface area contributed by atoms with Crippen molar-refractivity contribution < 1.29 is 9.90 Å². The molecule has 4 N–H and O–H groups in total. The third kappa shape index (κ3) is 3.63. The average Bonchev–Trinajstić information content (AvgIpc) is 3.02. The molecule has 1 aliphatic heterocycles. The van der Waals surface area contributed by atoms with E-state index in [1.54, 1.807) is 16.2 Å². The molecule has 8 heteroatoms. The monoisotopic (exact) mass is 441 g/mol. The topological polar surface area (TPSA) is 100 Å². The highest BCUT2D eigenvalue weighted by Gasteiger charge is 2.45. The number of amides is 1. The summed E-state index contributed by atoms with van der Waals surface area (Å²) in [5.41, 5.74) is 2.89. The van der Waals surface area contributed by atoms with Crippen LogP contribution in [0.15, 0.2) is 23.0 Å². The number of fused-ring (bicyclic) bond motifs is 1. The smallest absolute Gasteiger partial charge is 0.329 e. The van der Waals surface area contributed by atoms with E-state index in [1.165, 1.54) is 38.5 Å². The Balaban J connectivity index is 1.31. The first-order valence-electron chi connectivity index (χ1n) is 12.0. The van der Waals surface area contributed by atoms with Crippen molar-refractivity contribution in [3.8, 4) is 0 Å². The van der Waals surface area contributed by atoms with Gasteiger partial charge in [0.2, 0.25) is 5.91 Å². The number of aromatic nitrogens is 2. The Hall–Kier alpha value is -2.32. The lowest BCUT2D eigenvalue weighted by atomic mass is 9.55. The van der Waals surface area contributed by atoms with Gasteiger partial charge in [-0.2, -0.15) is 0 Å². The maximum Gasteiger partial charge on any atom is 0.329 e. The molecule has 5 rings (SSSR count). The van der Waals surface area contributed by atoms with Gasteiger partial charge in [0.15, 0.2) is 0 Å². The molecule has 0 bridgehead atoms. The van der Waals surface area contributed by atoms with E-state index in [9.17, 15) is 14.7 Å². The largest absolute Gasteiger partial charge is 0.383 e. The van der Waals surface area contributed by atoms with Crippen molar-refractivity contribution >= 4 is 22.6 Å². The van der Waals surface area contributed by atoms with Crippen LogP contribution in [0.5, 0.6) is 0 Å². The number of carbonyl (C=O) groups is 1. The molecule has 1 amide bonds. The van der Waals surface area contributed by atoms with Gasteiger partial charge in [0.25, 0.3) is 0 Å². The van der Waals surface area contributed by atoms with Crippen molar-refractivity contribution in [2.24, 2.45) is 18.4 Å². The number of nitrogens with zero attached hydrogens (tertiary/aromatic N) is 2. The van der Waals surface area contributed by atoms with E-state index < -0.39 is 12.3 Å². The first-order chi connectivity index (χ1) is 15.4.